The number of aliphatic carboxylic acids is 1. The molecule has 1 fully saturated rings. The molecule has 1 N–H and O–H groups in total. The van der Waals surface area contributed by atoms with E-state index in [1.165, 1.54) is 18.7 Å². The van der Waals surface area contributed by atoms with Crippen LogP contribution >= 0.6 is 11.8 Å². The lowest BCUT2D eigenvalue weighted by atomic mass is 10.2. The highest BCUT2D eigenvalue weighted by atomic mass is 32.2. The summed E-state index contributed by atoms with van der Waals surface area (Å²) in [7, 11) is -2.77. The Hall–Kier alpha value is -0.800. The minimum atomic E-state index is -3.89. The lowest BCUT2D eigenvalue weighted by molar-refractivity contribution is -0.140. The summed E-state index contributed by atoms with van der Waals surface area (Å²) < 4.78 is 30.2. The molecule has 2 unspecified atom stereocenters. The smallest absolute Gasteiger partial charge is 0.325 e. The van der Waals surface area contributed by atoms with E-state index in [0.717, 1.165) is 11.4 Å². The number of hydrogen-bond donors (Lipinski definition) is 1. The summed E-state index contributed by atoms with van der Waals surface area (Å²) in [6.07, 6.45) is -0.264. The lowest BCUT2D eigenvalue weighted by Gasteiger charge is -2.34. The number of nitrogens with zero attached hydrogens (tertiary/aromatic N) is 1. The van der Waals surface area contributed by atoms with E-state index in [-0.39, 0.29) is 13.0 Å². The van der Waals surface area contributed by atoms with E-state index in [4.69, 9.17) is 5.11 Å². The maximum atomic E-state index is 12.3. The molecule has 110 valence electrons. The Morgan fingerprint density at radius 2 is 2.16 bits per heavy atom. The summed E-state index contributed by atoms with van der Waals surface area (Å²) in [5.41, 5.74) is 0. The first kappa shape index (κ1) is 16.3. The molecule has 0 amide bonds. The van der Waals surface area contributed by atoms with E-state index in [9.17, 15) is 18.0 Å². The number of carbonyl (C=O) groups excluding carboxylic acids is 1. The van der Waals surface area contributed by atoms with Gasteiger partial charge in [0.05, 0.1) is 13.5 Å². The Bertz CT molecular complexity index is 449. The van der Waals surface area contributed by atoms with Gasteiger partial charge in [0.25, 0.3) is 0 Å². The summed E-state index contributed by atoms with van der Waals surface area (Å²) in [6, 6.07) is -0.617. The van der Waals surface area contributed by atoms with Crippen LogP contribution in [0.3, 0.4) is 0 Å². The van der Waals surface area contributed by atoms with Gasteiger partial charge in [0, 0.05) is 24.1 Å². The molecule has 7 nitrogen and oxygen atoms in total. The Labute approximate surface area is 116 Å². The monoisotopic (exact) mass is 311 g/mol. The summed E-state index contributed by atoms with van der Waals surface area (Å²) in [4.78, 5) is 22.2. The van der Waals surface area contributed by atoms with Crippen molar-refractivity contribution in [1.29, 1.82) is 0 Å². The SMILES string of the molecule is COC(=O)C(C)S(=O)(=O)N1CCSCC1CC(=O)O. The third-order valence-electron chi connectivity index (χ3n) is 2.89. The van der Waals surface area contributed by atoms with Crippen LogP contribution in [0.25, 0.3) is 0 Å². The van der Waals surface area contributed by atoms with Gasteiger partial charge in [-0.2, -0.15) is 16.1 Å². The molecule has 1 rings (SSSR count). The Morgan fingerprint density at radius 3 is 2.68 bits per heavy atom. The predicted molar refractivity (Wildman–Crippen MR) is 70.5 cm³/mol. The van der Waals surface area contributed by atoms with Crippen molar-refractivity contribution in [3.05, 3.63) is 0 Å². The van der Waals surface area contributed by atoms with Crippen LogP contribution < -0.4 is 0 Å². The van der Waals surface area contributed by atoms with Crippen molar-refractivity contribution in [3.8, 4) is 0 Å². The fourth-order valence-corrected chi connectivity index (χ4v) is 4.76. The zero-order chi connectivity index (χ0) is 14.6. The van der Waals surface area contributed by atoms with Gasteiger partial charge in [0.2, 0.25) is 10.0 Å². The highest BCUT2D eigenvalue weighted by Gasteiger charge is 2.40. The molecule has 1 saturated heterocycles. The van der Waals surface area contributed by atoms with Gasteiger partial charge in [0.1, 0.15) is 0 Å². The lowest BCUT2D eigenvalue weighted by Crippen LogP contribution is -2.51. The van der Waals surface area contributed by atoms with Crippen molar-refractivity contribution in [2.45, 2.75) is 24.6 Å². The van der Waals surface area contributed by atoms with Crippen molar-refractivity contribution in [1.82, 2.24) is 4.31 Å². The van der Waals surface area contributed by atoms with Crippen LogP contribution in [0.5, 0.6) is 0 Å². The number of carboxylic acid groups (broad SMARTS) is 1. The first-order valence-electron chi connectivity index (χ1n) is 5.68. The third kappa shape index (κ3) is 3.83. The van der Waals surface area contributed by atoms with Gasteiger partial charge in [0.15, 0.2) is 5.25 Å². The van der Waals surface area contributed by atoms with E-state index in [1.54, 1.807) is 0 Å². The zero-order valence-electron chi connectivity index (χ0n) is 10.7. The Balaban J connectivity index is 2.95. The molecule has 0 saturated carbocycles. The van der Waals surface area contributed by atoms with Crippen LogP contribution in [0.1, 0.15) is 13.3 Å². The molecule has 1 heterocycles. The standard InChI is InChI=1S/C10H17NO6S2/c1-7(10(14)17-2)19(15,16)11-3-4-18-6-8(11)5-9(12)13/h7-8H,3-6H2,1-2H3,(H,12,13). The van der Waals surface area contributed by atoms with Gasteiger partial charge < -0.3 is 9.84 Å². The minimum absolute atomic E-state index is 0.215. The molecule has 0 aromatic carbocycles. The summed E-state index contributed by atoms with van der Waals surface area (Å²) in [6.45, 7) is 1.47. The summed E-state index contributed by atoms with van der Waals surface area (Å²) in [5.74, 6) is -0.895. The number of ether oxygens (including phenoxy) is 1. The second kappa shape index (κ2) is 6.58. The first-order valence-corrected chi connectivity index (χ1v) is 8.34. The maximum absolute atomic E-state index is 12.3. The van der Waals surface area contributed by atoms with Crippen LogP contribution in [0.15, 0.2) is 0 Å². The number of esters is 1. The van der Waals surface area contributed by atoms with Gasteiger partial charge in [-0.15, -0.1) is 0 Å². The average molecular weight is 311 g/mol. The van der Waals surface area contributed by atoms with Gasteiger partial charge in [-0.1, -0.05) is 0 Å². The predicted octanol–water partition coefficient (Wildman–Crippen LogP) is -0.230. The van der Waals surface area contributed by atoms with Crippen molar-refractivity contribution >= 4 is 33.7 Å². The van der Waals surface area contributed by atoms with Crippen molar-refractivity contribution in [2.24, 2.45) is 0 Å². The molecular formula is C10H17NO6S2. The highest BCUT2D eigenvalue weighted by molar-refractivity contribution is 7.99. The van der Waals surface area contributed by atoms with E-state index in [1.807, 2.05) is 0 Å². The topological polar surface area (TPSA) is 101 Å². The molecule has 19 heavy (non-hydrogen) atoms. The fraction of sp³-hybridized carbons (Fsp3) is 0.800. The second-order valence-electron chi connectivity index (χ2n) is 4.15. The Kier molecular flexibility index (Phi) is 5.63. The van der Waals surface area contributed by atoms with Gasteiger partial charge >= 0.3 is 11.9 Å². The molecule has 0 spiro atoms. The fourth-order valence-electron chi connectivity index (χ4n) is 1.83. The van der Waals surface area contributed by atoms with Crippen LogP contribution in [-0.4, -0.2) is 66.2 Å². The number of sulfonamides is 1. The Morgan fingerprint density at radius 1 is 1.53 bits per heavy atom. The van der Waals surface area contributed by atoms with Crippen molar-refractivity contribution < 1.29 is 27.9 Å². The molecule has 0 aromatic heterocycles. The van der Waals surface area contributed by atoms with Crippen LogP contribution in [0, 0.1) is 0 Å². The third-order valence-corrected chi connectivity index (χ3v) is 6.20. The minimum Gasteiger partial charge on any atom is -0.481 e. The number of carbonyl (C=O) groups is 2. The first-order chi connectivity index (χ1) is 8.80. The number of carboxylic acids is 1. The summed E-state index contributed by atoms with van der Waals surface area (Å²) in [5, 5.41) is 7.50. The molecular weight excluding hydrogens is 294 g/mol. The summed E-state index contributed by atoms with van der Waals surface area (Å²) >= 11 is 1.51. The van der Waals surface area contributed by atoms with Gasteiger partial charge in [-0.05, 0) is 6.92 Å². The normalized spacial score (nSPS) is 22.7. The molecule has 0 aromatic rings. The molecule has 0 aliphatic carbocycles. The van der Waals surface area contributed by atoms with E-state index < -0.39 is 33.3 Å². The van der Waals surface area contributed by atoms with Crippen LogP contribution in [0.2, 0.25) is 0 Å². The van der Waals surface area contributed by atoms with Crippen molar-refractivity contribution in [2.75, 3.05) is 25.2 Å². The van der Waals surface area contributed by atoms with E-state index in [2.05, 4.69) is 4.74 Å². The second-order valence-corrected chi connectivity index (χ2v) is 7.50. The zero-order valence-corrected chi connectivity index (χ0v) is 12.4. The molecule has 2 atom stereocenters. The van der Waals surface area contributed by atoms with Crippen LogP contribution in [-0.2, 0) is 24.3 Å². The molecule has 0 radical (unpaired) electrons. The number of hydrogen-bond acceptors (Lipinski definition) is 6. The quantitative estimate of drug-likeness (QED) is 0.700. The number of methoxy groups -OCH3 is 1. The number of rotatable bonds is 5. The number of thioether (sulfide) groups is 1. The maximum Gasteiger partial charge on any atom is 0.325 e. The largest absolute Gasteiger partial charge is 0.481 e. The molecule has 0 bridgehead atoms. The van der Waals surface area contributed by atoms with Crippen molar-refractivity contribution in [3.63, 3.8) is 0 Å². The van der Waals surface area contributed by atoms with E-state index >= 15 is 0 Å². The molecule has 1 aliphatic heterocycles. The van der Waals surface area contributed by atoms with Gasteiger partial charge in [-0.3, -0.25) is 9.59 Å². The highest BCUT2D eigenvalue weighted by Crippen LogP contribution is 2.24. The van der Waals surface area contributed by atoms with Gasteiger partial charge in [-0.25, -0.2) is 8.42 Å². The molecule has 9 heteroatoms. The molecule has 1 aliphatic rings. The average Bonchev–Trinajstić information content (AvgIpc) is 2.36. The van der Waals surface area contributed by atoms with Crippen LogP contribution in [0.4, 0.5) is 0 Å². The van der Waals surface area contributed by atoms with E-state index in [0.29, 0.717) is 11.5 Å².